The van der Waals surface area contributed by atoms with E-state index in [4.69, 9.17) is 22.1 Å². The first-order chi connectivity index (χ1) is 13.6. The Balaban J connectivity index is 1.84. The number of aromatic nitrogens is 1. The van der Waals surface area contributed by atoms with Crippen molar-refractivity contribution in [3.63, 3.8) is 0 Å². The Kier molecular flexibility index (Phi) is 5.09. The van der Waals surface area contributed by atoms with Gasteiger partial charge in [0, 0.05) is 0 Å². The van der Waals surface area contributed by atoms with Gasteiger partial charge in [0.1, 0.15) is 22.1 Å². The van der Waals surface area contributed by atoms with E-state index in [1.54, 1.807) is 24.3 Å². The highest BCUT2D eigenvalue weighted by molar-refractivity contribution is 7.22. The lowest BCUT2D eigenvalue weighted by Gasteiger charge is -2.10. The second kappa shape index (κ2) is 7.67. The molecule has 28 heavy (non-hydrogen) atoms. The van der Waals surface area contributed by atoms with E-state index in [1.807, 2.05) is 30.3 Å². The summed E-state index contributed by atoms with van der Waals surface area (Å²) in [6.07, 6.45) is 0.509. The molecule has 142 valence electrons. The first-order valence-corrected chi connectivity index (χ1v) is 9.87. The van der Waals surface area contributed by atoms with Gasteiger partial charge in [0.05, 0.1) is 15.3 Å². The van der Waals surface area contributed by atoms with Gasteiger partial charge in [0.25, 0.3) is 5.56 Å². The lowest BCUT2D eigenvalue weighted by Crippen LogP contribution is -2.09. The summed E-state index contributed by atoms with van der Waals surface area (Å²) >= 11 is 7.52. The number of hydrogen-bond acceptors (Lipinski definition) is 5. The molecule has 0 saturated carbocycles. The largest absolute Gasteiger partial charge is 0.506 e. The number of aromatic hydroxyl groups is 1. The van der Waals surface area contributed by atoms with Crippen molar-refractivity contribution in [2.24, 2.45) is 5.73 Å². The van der Waals surface area contributed by atoms with E-state index in [0.29, 0.717) is 44.6 Å². The van der Waals surface area contributed by atoms with Crippen LogP contribution in [0.3, 0.4) is 0 Å². The molecule has 4 aromatic rings. The highest BCUT2D eigenvalue weighted by Crippen LogP contribution is 2.42. The van der Waals surface area contributed by atoms with E-state index in [1.165, 1.54) is 11.3 Å². The van der Waals surface area contributed by atoms with Crippen LogP contribution in [-0.4, -0.2) is 16.6 Å². The van der Waals surface area contributed by atoms with Crippen molar-refractivity contribution in [1.82, 2.24) is 4.98 Å². The fourth-order valence-corrected chi connectivity index (χ4v) is 4.54. The van der Waals surface area contributed by atoms with Crippen LogP contribution in [0.5, 0.6) is 17.2 Å². The van der Waals surface area contributed by atoms with Gasteiger partial charge in [-0.25, -0.2) is 0 Å². The number of halogens is 1. The number of benzene rings is 2. The number of H-pyrrole nitrogens is 1. The molecule has 2 aromatic heterocycles. The molecule has 0 atom stereocenters. The maximum Gasteiger partial charge on any atom is 0.260 e. The minimum absolute atomic E-state index is 0.0952. The Labute approximate surface area is 170 Å². The van der Waals surface area contributed by atoms with Crippen molar-refractivity contribution >= 4 is 33.2 Å². The van der Waals surface area contributed by atoms with Crippen molar-refractivity contribution < 1.29 is 9.84 Å². The molecule has 4 N–H and O–H groups in total. The van der Waals surface area contributed by atoms with E-state index in [0.717, 1.165) is 5.56 Å². The highest BCUT2D eigenvalue weighted by Gasteiger charge is 2.20. The molecule has 0 radical (unpaired) electrons. The number of thiophene rings is 1. The Morgan fingerprint density at radius 1 is 1.11 bits per heavy atom. The number of fused-ring (bicyclic) bond motifs is 1. The molecule has 0 amide bonds. The standard InChI is InChI=1S/C21H17ClN2O3S/c22-19-15(9-10-23)17-18(25)16(20(26)24-21(17)28-19)12-5-4-8-14(11-12)27-13-6-2-1-3-7-13/h1-8,11H,9-10,23H2,(H2,24,25,26). The second-order valence-electron chi connectivity index (χ2n) is 6.22. The van der Waals surface area contributed by atoms with Crippen LogP contribution >= 0.6 is 22.9 Å². The number of hydrogen-bond donors (Lipinski definition) is 3. The third-order valence-electron chi connectivity index (χ3n) is 4.38. The van der Waals surface area contributed by atoms with Crippen molar-refractivity contribution in [3.05, 3.63) is 74.9 Å². The average molecular weight is 413 g/mol. The van der Waals surface area contributed by atoms with Crippen LogP contribution in [0, 0.1) is 0 Å². The van der Waals surface area contributed by atoms with Crippen LogP contribution in [0.1, 0.15) is 5.56 Å². The predicted octanol–water partition coefficient (Wildman–Crippen LogP) is 4.91. The molecule has 2 heterocycles. The lowest BCUT2D eigenvalue weighted by molar-refractivity contribution is 0.480. The molecule has 0 fully saturated rings. The van der Waals surface area contributed by atoms with Crippen molar-refractivity contribution in [2.45, 2.75) is 6.42 Å². The topological polar surface area (TPSA) is 88.3 Å². The van der Waals surface area contributed by atoms with Crippen LogP contribution in [0.25, 0.3) is 21.3 Å². The van der Waals surface area contributed by atoms with Gasteiger partial charge >= 0.3 is 0 Å². The normalized spacial score (nSPS) is 11.1. The minimum Gasteiger partial charge on any atom is -0.506 e. The summed E-state index contributed by atoms with van der Waals surface area (Å²) in [6.45, 7) is 0.389. The maximum absolute atomic E-state index is 12.7. The number of nitrogens with one attached hydrogen (secondary N) is 1. The number of pyridine rings is 1. The molecule has 2 aromatic carbocycles. The molecule has 4 rings (SSSR count). The van der Waals surface area contributed by atoms with Gasteiger partial charge in [-0.1, -0.05) is 41.9 Å². The fraction of sp³-hybridized carbons (Fsp3) is 0.0952. The zero-order chi connectivity index (χ0) is 19.7. The minimum atomic E-state index is -0.390. The Morgan fingerprint density at radius 2 is 1.86 bits per heavy atom. The van der Waals surface area contributed by atoms with Crippen LogP contribution in [0.4, 0.5) is 0 Å². The number of aromatic amines is 1. The van der Waals surface area contributed by atoms with Gasteiger partial charge in [0.15, 0.2) is 0 Å². The molecule has 0 bridgehead atoms. The fourth-order valence-electron chi connectivity index (χ4n) is 3.15. The Hall–Kier alpha value is -2.80. The van der Waals surface area contributed by atoms with E-state index >= 15 is 0 Å². The number of para-hydroxylation sites is 1. The molecule has 0 spiro atoms. The van der Waals surface area contributed by atoms with Crippen molar-refractivity contribution in [2.75, 3.05) is 6.54 Å². The number of rotatable bonds is 5. The third-order valence-corrected chi connectivity index (χ3v) is 5.78. The zero-order valence-corrected chi connectivity index (χ0v) is 16.3. The molecule has 0 unspecified atom stereocenters. The van der Waals surface area contributed by atoms with E-state index in [-0.39, 0.29) is 16.9 Å². The molecular weight excluding hydrogens is 396 g/mol. The Bertz CT molecular complexity index is 1200. The predicted molar refractivity (Wildman–Crippen MR) is 114 cm³/mol. The van der Waals surface area contributed by atoms with Gasteiger partial charge in [-0.15, -0.1) is 11.3 Å². The van der Waals surface area contributed by atoms with Gasteiger partial charge < -0.3 is 20.6 Å². The summed E-state index contributed by atoms with van der Waals surface area (Å²) in [5.74, 6) is 1.15. The van der Waals surface area contributed by atoms with Crippen LogP contribution in [0.2, 0.25) is 4.34 Å². The molecule has 7 heteroatoms. The van der Waals surface area contributed by atoms with Gasteiger partial charge in [-0.2, -0.15) is 0 Å². The summed E-state index contributed by atoms with van der Waals surface area (Å²) in [4.78, 5) is 16.0. The van der Waals surface area contributed by atoms with Gasteiger partial charge in [0.2, 0.25) is 0 Å². The van der Waals surface area contributed by atoms with Crippen LogP contribution < -0.4 is 16.0 Å². The van der Waals surface area contributed by atoms with Crippen LogP contribution in [0.15, 0.2) is 59.4 Å². The average Bonchev–Trinajstić information content (AvgIpc) is 2.98. The maximum atomic E-state index is 12.7. The van der Waals surface area contributed by atoms with E-state index in [9.17, 15) is 9.90 Å². The quantitative estimate of drug-likeness (QED) is 0.434. The van der Waals surface area contributed by atoms with Gasteiger partial charge in [-0.05, 0) is 48.4 Å². The molecule has 0 saturated heterocycles. The monoisotopic (exact) mass is 412 g/mol. The summed E-state index contributed by atoms with van der Waals surface area (Å²) < 4.78 is 6.36. The smallest absolute Gasteiger partial charge is 0.260 e. The van der Waals surface area contributed by atoms with Crippen molar-refractivity contribution in [1.29, 1.82) is 0 Å². The molecular formula is C21H17ClN2O3S. The summed E-state index contributed by atoms with van der Waals surface area (Å²) in [5.41, 5.74) is 6.76. The van der Waals surface area contributed by atoms with Crippen molar-refractivity contribution in [3.8, 4) is 28.4 Å². The summed E-state index contributed by atoms with van der Waals surface area (Å²) in [5, 5.41) is 11.5. The number of ether oxygens (including phenoxy) is 1. The van der Waals surface area contributed by atoms with E-state index < -0.39 is 0 Å². The number of nitrogens with two attached hydrogens (primary N) is 1. The van der Waals surface area contributed by atoms with Gasteiger partial charge in [-0.3, -0.25) is 4.79 Å². The molecule has 0 aliphatic carbocycles. The molecule has 5 nitrogen and oxygen atoms in total. The molecule has 0 aliphatic rings. The third kappa shape index (κ3) is 3.38. The second-order valence-corrected chi connectivity index (χ2v) is 7.84. The van der Waals surface area contributed by atoms with E-state index in [2.05, 4.69) is 4.98 Å². The highest BCUT2D eigenvalue weighted by atomic mass is 35.5. The lowest BCUT2D eigenvalue weighted by atomic mass is 10.0. The first kappa shape index (κ1) is 18.6. The summed E-state index contributed by atoms with van der Waals surface area (Å²) in [6, 6.07) is 16.4. The first-order valence-electron chi connectivity index (χ1n) is 8.68. The van der Waals surface area contributed by atoms with Crippen LogP contribution in [-0.2, 0) is 6.42 Å². The summed E-state index contributed by atoms with van der Waals surface area (Å²) in [7, 11) is 0. The molecule has 0 aliphatic heterocycles. The SMILES string of the molecule is NCCc1c(Cl)sc2[nH]c(=O)c(-c3cccc(Oc4ccccc4)c3)c(O)c12. The Morgan fingerprint density at radius 3 is 2.61 bits per heavy atom. The zero-order valence-electron chi connectivity index (χ0n) is 14.7.